The average Bonchev–Trinajstić information content (AvgIpc) is 3.18. The lowest BCUT2D eigenvalue weighted by atomic mass is 9.95. The summed E-state index contributed by atoms with van der Waals surface area (Å²) in [5.74, 6) is 0. The fourth-order valence-corrected chi connectivity index (χ4v) is 10.8. The highest BCUT2D eigenvalue weighted by Crippen LogP contribution is 2.39. The third-order valence-electron chi connectivity index (χ3n) is 16.0. The smallest absolute Gasteiger partial charge is 0.187 e. The van der Waals surface area contributed by atoms with Gasteiger partial charge in [0.15, 0.2) is 44.0 Å². The molecular formula is C46H80NO35+. The van der Waals surface area contributed by atoms with E-state index in [-0.39, 0.29) is 4.65 Å². The van der Waals surface area contributed by atoms with Gasteiger partial charge in [0.25, 0.3) is 0 Å². The molecule has 0 spiro atoms. The zero-order valence-electron chi connectivity index (χ0n) is 44.4. The van der Waals surface area contributed by atoms with Crippen LogP contribution in [-0.2, 0) is 71.2 Å². The first kappa shape index (κ1) is 66.5. The summed E-state index contributed by atoms with van der Waals surface area (Å²) in [4.78, 5) is 5.99. The number of quaternary nitrogens is 1. The summed E-state index contributed by atoms with van der Waals surface area (Å²) in [5.41, 5.74) is 0. The quantitative estimate of drug-likeness (QED) is 0.0713. The lowest BCUT2D eigenvalue weighted by Gasteiger charge is -2.50. The van der Waals surface area contributed by atoms with Crippen molar-refractivity contribution in [1.29, 1.82) is 0 Å². The van der Waals surface area contributed by atoms with Gasteiger partial charge in [-0.05, 0) is 6.92 Å². The minimum atomic E-state index is -2.21. The van der Waals surface area contributed by atoms with Crippen molar-refractivity contribution in [2.45, 2.75) is 222 Å². The summed E-state index contributed by atoms with van der Waals surface area (Å²) < 4.78 is 80.9. The Morgan fingerprint density at radius 3 is 0.573 bits per heavy atom. The van der Waals surface area contributed by atoms with Crippen LogP contribution in [0.25, 0.3) is 0 Å². The minimum Gasteiger partial charge on any atom is -0.394 e. The molecule has 0 aromatic rings. The van der Waals surface area contributed by atoms with Crippen LogP contribution in [0, 0.1) is 0 Å². The van der Waals surface area contributed by atoms with Gasteiger partial charge in [-0.15, -0.1) is 0 Å². The molecule has 0 unspecified atom stereocenters. The van der Waals surface area contributed by atoms with E-state index in [9.17, 15) is 102 Å². The van der Waals surface area contributed by atoms with Crippen molar-refractivity contribution < 1.29 is 178 Å². The molecule has 0 aliphatic carbocycles. The van der Waals surface area contributed by atoms with Crippen molar-refractivity contribution in [2.75, 3.05) is 66.9 Å². The Bertz CT molecular complexity index is 1960. The van der Waals surface area contributed by atoms with E-state index in [4.69, 9.17) is 71.2 Å². The number of rotatable bonds is 10. The van der Waals surface area contributed by atoms with Crippen LogP contribution in [-0.4, -0.2) is 389 Å². The minimum absolute atomic E-state index is 0.151. The van der Waals surface area contributed by atoms with Crippen molar-refractivity contribution in [3.05, 3.63) is 0 Å². The molecule has 21 saturated heterocycles. The maximum absolute atomic E-state index is 11.7. The molecule has 21 aliphatic rings. The number of hydrogen-bond acceptors (Lipinski definition) is 35. The van der Waals surface area contributed by atoms with Crippen molar-refractivity contribution in [3.8, 4) is 0 Å². The van der Waals surface area contributed by atoms with Gasteiger partial charge in [0.1, 0.15) is 184 Å². The second-order valence-corrected chi connectivity index (χ2v) is 21.7. The van der Waals surface area contributed by atoms with Crippen LogP contribution in [0.3, 0.4) is 0 Å². The first-order chi connectivity index (χ1) is 38.9. The first-order valence-corrected chi connectivity index (χ1v) is 26.7. The van der Waals surface area contributed by atoms with E-state index < -0.39 is 261 Å². The van der Waals surface area contributed by atoms with E-state index in [0.29, 0.717) is 6.54 Å². The van der Waals surface area contributed by atoms with Crippen molar-refractivity contribution in [2.24, 2.45) is 0 Å². The molecule has 36 nitrogen and oxygen atoms in total. The Morgan fingerprint density at radius 1 is 0.256 bits per heavy atom. The molecule has 20 N–H and O–H groups in total. The number of nitrogens with zero attached hydrogens (tertiary/aromatic N) is 1. The first-order valence-electron chi connectivity index (χ1n) is 26.7. The molecule has 0 saturated carbocycles. The summed E-state index contributed by atoms with van der Waals surface area (Å²) in [7, 11) is 3.27. The third-order valence-corrected chi connectivity index (χ3v) is 16.0. The highest BCUT2D eigenvalue weighted by atomic mass is 16.8. The summed E-state index contributed by atoms with van der Waals surface area (Å²) in [6.07, 6.45) is -69.6. The number of hydroxylamine groups is 3. The molecule has 21 aliphatic heterocycles. The molecule has 21 rings (SSSR count). The summed E-state index contributed by atoms with van der Waals surface area (Å²) in [5, 5.41) is 223. The lowest BCUT2D eigenvalue weighted by molar-refractivity contribution is -1.08. The van der Waals surface area contributed by atoms with Gasteiger partial charge < -0.3 is 168 Å². The molecule has 21 fully saturated rings. The van der Waals surface area contributed by atoms with E-state index in [1.165, 1.54) is 0 Å². The van der Waals surface area contributed by atoms with Gasteiger partial charge in [-0.3, -0.25) is 0 Å². The molecule has 36 heteroatoms. The Balaban J connectivity index is 1.10. The normalized spacial score (nSPS) is 52.9. The summed E-state index contributed by atoms with van der Waals surface area (Å²) in [6.45, 7) is -4.62. The van der Waals surface area contributed by atoms with Crippen LogP contribution in [0.4, 0.5) is 0 Å². The van der Waals surface area contributed by atoms with Gasteiger partial charge in [-0.2, -0.15) is 4.65 Å². The zero-order valence-corrected chi connectivity index (χ0v) is 44.4. The van der Waals surface area contributed by atoms with Crippen LogP contribution < -0.4 is 0 Å². The Morgan fingerprint density at radius 2 is 0.415 bits per heavy atom. The van der Waals surface area contributed by atoms with Crippen LogP contribution >= 0.6 is 0 Å². The maximum atomic E-state index is 11.7. The number of hydrogen-bond donors (Lipinski definition) is 20. The number of aliphatic hydroxyl groups is 20. The van der Waals surface area contributed by atoms with Gasteiger partial charge >= 0.3 is 0 Å². The molecular weight excluding hydrogens is 1130 g/mol. The Kier molecular flexibility index (Phi) is 22.7. The zero-order chi connectivity index (χ0) is 60.0. The molecule has 35 atom stereocenters. The summed E-state index contributed by atoms with van der Waals surface area (Å²) >= 11 is 0. The van der Waals surface area contributed by atoms with Crippen LogP contribution in [0.1, 0.15) is 6.92 Å². The topological polar surface area (TPSA) is 543 Å². The Hall–Kier alpha value is -1.44. The second-order valence-electron chi connectivity index (χ2n) is 21.7. The van der Waals surface area contributed by atoms with E-state index in [2.05, 4.69) is 0 Å². The molecule has 0 aromatic carbocycles. The fraction of sp³-hybridized carbons (Fsp3) is 1.00. The predicted octanol–water partition coefficient (Wildman–Crippen LogP) is -14.2. The van der Waals surface area contributed by atoms with E-state index in [1.807, 2.05) is 0 Å². The van der Waals surface area contributed by atoms with Crippen molar-refractivity contribution in [3.63, 3.8) is 0 Å². The SMILES string of the molecule is CC[N+](C)(C)OC[C@H]1O[C@@H]2O[C@H]3[C@H](O)[C@H](O)[C@@H](O[C@H]4[C@H](O)[C@H](O)[C@@H](O[C@H]5[C@H](O)[C@@H](O)[C@@H](O[C@H]6[C@H](O)[C@@H](O)[C@@H](O[C@H]7[C@H](O)[C@@H](O)[C@@H](O[C@H]8[C@H](O)[C@@H](O)[C@@H](O[C@H]1[C@H](O)[C@H]2O)O[C@@H]8CO)O[C@@H]7CO)O[C@@H]6CO)O[C@@H]5CO)O[C@@H]4CO)O[C@@H]3CO. The monoisotopic (exact) mass is 1210 g/mol. The van der Waals surface area contributed by atoms with Gasteiger partial charge in [-0.25, -0.2) is 4.84 Å². The predicted molar refractivity (Wildman–Crippen MR) is 250 cm³/mol. The van der Waals surface area contributed by atoms with E-state index >= 15 is 0 Å². The van der Waals surface area contributed by atoms with E-state index in [0.717, 1.165) is 0 Å². The van der Waals surface area contributed by atoms with Crippen LogP contribution in [0.2, 0.25) is 0 Å². The summed E-state index contributed by atoms with van der Waals surface area (Å²) in [6, 6.07) is 0. The van der Waals surface area contributed by atoms with Gasteiger partial charge in [0.2, 0.25) is 0 Å². The van der Waals surface area contributed by atoms with Crippen LogP contribution in [0.5, 0.6) is 0 Å². The van der Waals surface area contributed by atoms with Gasteiger partial charge in [-0.1, -0.05) is 0 Å². The lowest BCUT2D eigenvalue weighted by Crippen LogP contribution is -2.68. The van der Waals surface area contributed by atoms with Crippen molar-refractivity contribution >= 4 is 0 Å². The maximum Gasteiger partial charge on any atom is 0.187 e. The largest absolute Gasteiger partial charge is 0.394 e. The van der Waals surface area contributed by atoms with Gasteiger partial charge in [0.05, 0.1) is 53.7 Å². The number of aliphatic hydroxyl groups excluding tert-OH is 20. The fourth-order valence-electron chi connectivity index (χ4n) is 10.8. The number of ether oxygens (including phenoxy) is 14. The molecule has 21 heterocycles. The third kappa shape index (κ3) is 13.4. The standard InChI is InChI=1S/C46H80NO35/c1-4-47(2,3)68-11-18-39-25(60)32(67)46(75-18)81-38-17(10-53)73-44(30(65)23(38)58)79-36-15(8-51)71-42(28(63)21(36)56)77-34-13(6-49)69-40(26(61)19(34)54)76-33-12(5-48)70-41(27(62)20(33)55)78-35-14(7-50)72-43(29(64)22(35)57)80-37-16(9-52)74-45(82-39)31(66)24(37)59/h12-46,48-67H,4-11H2,1-3H3/q+1/t12-,13-,14-,15-,16-,17-,18-,19-,20-,21-,22-,23-,24-,25-,26-,27-,28+,29-,30+,31-,32-,33-,34-,35-,36-,37-,38-,39-,40-,41-,42-,43-,44-,45-,46-/m1/s1. The highest BCUT2D eigenvalue weighted by Gasteiger charge is 2.60. The molecule has 478 valence electrons. The molecule has 82 heavy (non-hydrogen) atoms. The average molecular weight is 1210 g/mol. The van der Waals surface area contributed by atoms with E-state index in [1.54, 1.807) is 21.0 Å². The van der Waals surface area contributed by atoms with Crippen LogP contribution in [0.15, 0.2) is 0 Å². The van der Waals surface area contributed by atoms with Gasteiger partial charge in [0, 0.05) is 0 Å². The highest BCUT2D eigenvalue weighted by molar-refractivity contribution is 5.01. The van der Waals surface area contributed by atoms with Crippen molar-refractivity contribution in [1.82, 2.24) is 0 Å². The molecule has 0 amide bonds. The molecule has 0 radical (unpaired) electrons. The Labute approximate surface area is 466 Å². The molecule has 14 bridgehead atoms. The molecule has 0 aromatic heterocycles. The second kappa shape index (κ2) is 27.9.